The summed E-state index contributed by atoms with van der Waals surface area (Å²) in [6.07, 6.45) is 0. The molecule has 0 saturated carbocycles. The van der Waals surface area contributed by atoms with Crippen molar-refractivity contribution < 1.29 is 0 Å². The molecule has 0 N–H and O–H groups in total. The maximum Gasteiger partial charge on any atom is 0.113 e. The molecule has 0 bridgehead atoms. The van der Waals surface area contributed by atoms with Gasteiger partial charge in [0.2, 0.25) is 0 Å². The maximum atomic E-state index is 6.05. The number of benzene rings is 4. The Hall–Kier alpha value is -3.26. The van der Waals surface area contributed by atoms with Gasteiger partial charge in [0.15, 0.2) is 0 Å². The van der Waals surface area contributed by atoms with Gasteiger partial charge in [-0.1, -0.05) is 78.3 Å². The highest BCUT2D eigenvalue weighted by atomic mass is 15.0. The minimum absolute atomic E-state index is 0.790. The highest BCUT2D eigenvalue weighted by molar-refractivity contribution is 6.33. The third-order valence-electron chi connectivity index (χ3n) is 4.91. The predicted octanol–water partition coefficient (Wildman–Crippen LogP) is 5.24. The van der Waals surface area contributed by atoms with E-state index in [1.165, 1.54) is 32.9 Å². The fourth-order valence-electron chi connectivity index (χ4n) is 3.72. The lowest BCUT2D eigenvalue weighted by molar-refractivity contribution is 1.18. The fraction of sp³-hybridized carbons (Fsp3) is 0. The summed E-state index contributed by atoms with van der Waals surface area (Å²) in [5, 5.41) is 2.41. The molecular formula is C24H16BN. The smallest absolute Gasteiger partial charge is 0.113 e. The number of hydrogen-bond donors (Lipinski definition) is 0. The van der Waals surface area contributed by atoms with E-state index in [0.29, 0.717) is 0 Å². The topological polar surface area (TPSA) is 4.93 Å². The van der Waals surface area contributed by atoms with Crippen molar-refractivity contribution in [3.8, 4) is 16.8 Å². The number of fused-ring (bicyclic) bond motifs is 3. The van der Waals surface area contributed by atoms with E-state index in [4.69, 9.17) is 7.85 Å². The van der Waals surface area contributed by atoms with Gasteiger partial charge < -0.3 is 4.57 Å². The number of hydrogen-bond acceptors (Lipinski definition) is 0. The van der Waals surface area contributed by atoms with Crippen LogP contribution in [0.15, 0.2) is 97.1 Å². The van der Waals surface area contributed by atoms with Crippen molar-refractivity contribution in [1.29, 1.82) is 0 Å². The fourth-order valence-corrected chi connectivity index (χ4v) is 3.72. The largest absolute Gasteiger partial charge is 0.309 e. The van der Waals surface area contributed by atoms with Crippen LogP contribution in [0.1, 0.15) is 0 Å². The van der Waals surface area contributed by atoms with Crippen molar-refractivity contribution in [3.05, 3.63) is 97.1 Å². The first kappa shape index (κ1) is 15.0. The highest BCUT2D eigenvalue weighted by Gasteiger charge is 2.12. The second-order valence-corrected chi connectivity index (χ2v) is 6.55. The molecule has 0 fully saturated rings. The molecule has 5 rings (SSSR count). The van der Waals surface area contributed by atoms with Crippen molar-refractivity contribution >= 4 is 35.1 Å². The molecule has 0 atom stereocenters. The molecule has 4 aromatic carbocycles. The standard InChI is InChI=1S/C24H16BN/c25-19-13-14-24-22(16-19)21-11-4-5-12-23(21)26(24)20-10-6-9-18(15-20)17-7-2-1-3-8-17/h1-16H. The summed E-state index contributed by atoms with van der Waals surface area (Å²) in [4.78, 5) is 0. The van der Waals surface area contributed by atoms with Crippen LogP contribution in [0.3, 0.4) is 0 Å². The van der Waals surface area contributed by atoms with Gasteiger partial charge in [-0.15, -0.1) is 0 Å². The number of para-hydroxylation sites is 1. The summed E-state index contributed by atoms with van der Waals surface area (Å²) < 4.78 is 2.32. The monoisotopic (exact) mass is 329 g/mol. The SMILES string of the molecule is [B]c1ccc2c(c1)c1ccccc1n2-c1cccc(-c2ccccc2)c1. The van der Waals surface area contributed by atoms with Crippen LogP contribution in [0.5, 0.6) is 0 Å². The molecule has 0 aliphatic carbocycles. The lowest BCUT2D eigenvalue weighted by atomic mass is 9.94. The van der Waals surface area contributed by atoms with Crippen LogP contribution >= 0.6 is 0 Å². The van der Waals surface area contributed by atoms with Crippen LogP contribution in [-0.2, 0) is 0 Å². The van der Waals surface area contributed by atoms with Crippen LogP contribution < -0.4 is 5.46 Å². The lowest BCUT2D eigenvalue weighted by Crippen LogP contribution is -2.00. The molecule has 0 aliphatic rings. The first-order valence-electron chi connectivity index (χ1n) is 8.76. The Kier molecular flexibility index (Phi) is 3.43. The predicted molar refractivity (Wildman–Crippen MR) is 112 cm³/mol. The number of rotatable bonds is 2. The quantitative estimate of drug-likeness (QED) is 0.390. The van der Waals surface area contributed by atoms with Gasteiger partial charge in [-0.3, -0.25) is 0 Å². The van der Waals surface area contributed by atoms with Crippen LogP contribution in [0.25, 0.3) is 38.6 Å². The Morgan fingerprint density at radius 3 is 2.15 bits per heavy atom. The van der Waals surface area contributed by atoms with E-state index in [1.807, 2.05) is 12.1 Å². The zero-order chi connectivity index (χ0) is 17.5. The van der Waals surface area contributed by atoms with E-state index < -0.39 is 0 Å². The lowest BCUT2D eigenvalue weighted by Gasteiger charge is -2.10. The third kappa shape index (κ3) is 2.34. The summed E-state index contributed by atoms with van der Waals surface area (Å²) in [6, 6.07) is 33.8. The Bertz CT molecular complexity index is 1240. The highest BCUT2D eigenvalue weighted by Crippen LogP contribution is 2.32. The summed E-state index contributed by atoms with van der Waals surface area (Å²) in [5.41, 5.74) is 6.74. The van der Waals surface area contributed by atoms with Gasteiger partial charge >= 0.3 is 0 Å². The van der Waals surface area contributed by atoms with Crippen molar-refractivity contribution in [2.75, 3.05) is 0 Å². The Morgan fingerprint density at radius 1 is 0.538 bits per heavy atom. The van der Waals surface area contributed by atoms with Crippen molar-refractivity contribution in [2.45, 2.75) is 0 Å². The van der Waals surface area contributed by atoms with E-state index in [-0.39, 0.29) is 0 Å². The molecule has 0 aliphatic heterocycles. The van der Waals surface area contributed by atoms with E-state index in [9.17, 15) is 0 Å². The van der Waals surface area contributed by atoms with Gasteiger partial charge in [-0.2, -0.15) is 0 Å². The van der Waals surface area contributed by atoms with Crippen molar-refractivity contribution in [3.63, 3.8) is 0 Å². The average molecular weight is 329 g/mol. The first-order valence-corrected chi connectivity index (χ1v) is 8.76. The molecule has 120 valence electrons. The van der Waals surface area contributed by atoms with Crippen LogP contribution in [0.2, 0.25) is 0 Å². The molecule has 0 amide bonds. The molecule has 0 spiro atoms. The molecule has 1 nitrogen and oxygen atoms in total. The Morgan fingerprint density at radius 2 is 1.27 bits per heavy atom. The zero-order valence-electron chi connectivity index (χ0n) is 14.3. The van der Waals surface area contributed by atoms with Gasteiger partial charge in [0, 0.05) is 16.5 Å². The van der Waals surface area contributed by atoms with Crippen molar-refractivity contribution in [1.82, 2.24) is 4.57 Å². The van der Waals surface area contributed by atoms with E-state index in [0.717, 1.165) is 11.2 Å². The summed E-state index contributed by atoms with van der Waals surface area (Å²) in [5.74, 6) is 0. The Balaban J connectivity index is 1.82. The van der Waals surface area contributed by atoms with Crippen LogP contribution in [0, 0.1) is 0 Å². The minimum atomic E-state index is 0.790. The van der Waals surface area contributed by atoms with Gasteiger partial charge in [-0.05, 0) is 35.4 Å². The Labute approximate surface area is 153 Å². The molecule has 2 radical (unpaired) electrons. The molecule has 0 saturated heterocycles. The summed E-state index contributed by atoms with van der Waals surface area (Å²) in [6.45, 7) is 0. The van der Waals surface area contributed by atoms with Crippen molar-refractivity contribution in [2.24, 2.45) is 0 Å². The normalized spacial score (nSPS) is 11.2. The van der Waals surface area contributed by atoms with Crippen LogP contribution in [-0.4, -0.2) is 12.4 Å². The molecule has 0 unspecified atom stereocenters. The minimum Gasteiger partial charge on any atom is -0.309 e. The molecule has 1 heterocycles. The van der Waals surface area contributed by atoms with E-state index >= 15 is 0 Å². The van der Waals surface area contributed by atoms with Gasteiger partial charge in [0.05, 0.1) is 11.0 Å². The molecule has 26 heavy (non-hydrogen) atoms. The van der Waals surface area contributed by atoms with Gasteiger partial charge in [0.25, 0.3) is 0 Å². The van der Waals surface area contributed by atoms with E-state index in [1.54, 1.807) is 0 Å². The van der Waals surface area contributed by atoms with E-state index in [2.05, 4.69) is 89.5 Å². The second-order valence-electron chi connectivity index (χ2n) is 6.55. The van der Waals surface area contributed by atoms with Gasteiger partial charge in [0.1, 0.15) is 7.85 Å². The number of aromatic nitrogens is 1. The maximum absolute atomic E-state index is 6.05. The third-order valence-corrected chi connectivity index (χ3v) is 4.91. The van der Waals surface area contributed by atoms with Crippen LogP contribution in [0.4, 0.5) is 0 Å². The molecular weight excluding hydrogens is 313 g/mol. The summed E-state index contributed by atoms with van der Waals surface area (Å²) in [7, 11) is 6.05. The van der Waals surface area contributed by atoms with Gasteiger partial charge in [-0.25, -0.2) is 0 Å². The molecule has 1 aromatic heterocycles. The second kappa shape index (κ2) is 5.92. The molecule has 5 aromatic rings. The zero-order valence-corrected chi connectivity index (χ0v) is 14.3. The average Bonchev–Trinajstić information content (AvgIpc) is 3.02. The molecule has 2 heteroatoms. The number of nitrogens with zero attached hydrogens (tertiary/aromatic N) is 1. The summed E-state index contributed by atoms with van der Waals surface area (Å²) >= 11 is 0. The first-order chi connectivity index (χ1) is 12.8.